The van der Waals surface area contributed by atoms with Crippen molar-refractivity contribution in [3.63, 3.8) is 0 Å². The van der Waals surface area contributed by atoms with Crippen molar-refractivity contribution in [1.29, 1.82) is 0 Å². The van der Waals surface area contributed by atoms with Crippen molar-refractivity contribution in [3.8, 4) is 16.9 Å². The number of carboxylic acids is 1. The molecule has 6 heteroatoms. The Morgan fingerprint density at radius 2 is 2.00 bits per heavy atom. The molecule has 1 aromatic heterocycles. The fraction of sp³-hybridized carbons (Fsp3) is 0.0952. The molecule has 0 atom stereocenters. The van der Waals surface area contributed by atoms with Gasteiger partial charge in [0.25, 0.3) is 0 Å². The van der Waals surface area contributed by atoms with Gasteiger partial charge >= 0.3 is 5.97 Å². The first-order chi connectivity index (χ1) is 13.1. The lowest BCUT2D eigenvalue weighted by Gasteiger charge is -2.09. The largest absolute Gasteiger partial charge is 0.496 e. The Kier molecular flexibility index (Phi) is 5.33. The average molecular weight is 359 g/mol. The Morgan fingerprint density at radius 1 is 1.19 bits per heavy atom. The van der Waals surface area contributed by atoms with Crippen molar-refractivity contribution in [1.82, 2.24) is 4.98 Å². The number of aromatic nitrogens is 1. The number of carboxylic acid groups (broad SMARTS) is 1. The third kappa shape index (κ3) is 4.22. The van der Waals surface area contributed by atoms with Gasteiger partial charge in [0, 0.05) is 18.3 Å². The van der Waals surface area contributed by atoms with E-state index in [1.807, 2.05) is 30.3 Å². The van der Waals surface area contributed by atoms with Gasteiger partial charge in [-0.25, -0.2) is 14.6 Å². The molecule has 6 nitrogen and oxygen atoms in total. The molecule has 1 heterocycles. The van der Waals surface area contributed by atoms with Crippen molar-refractivity contribution in [2.24, 2.45) is 0 Å². The number of hydrogen-bond donors (Lipinski definition) is 2. The number of rotatable bonds is 6. The first-order valence-electron chi connectivity index (χ1n) is 8.18. The Hall–Kier alpha value is -3.85. The molecule has 0 aliphatic carbocycles. The van der Waals surface area contributed by atoms with E-state index in [1.54, 1.807) is 30.5 Å². The quantitative estimate of drug-likeness (QED) is 0.628. The monoisotopic (exact) mass is 359 g/mol. The highest BCUT2D eigenvalue weighted by Gasteiger charge is 2.12. The van der Waals surface area contributed by atoms with Crippen LogP contribution in [0.3, 0.4) is 0 Å². The third-order valence-electron chi connectivity index (χ3n) is 4.04. The van der Waals surface area contributed by atoms with Crippen LogP contribution in [0, 0.1) is 6.57 Å². The first kappa shape index (κ1) is 18.0. The fourth-order valence-corrected chi connectivity index (χ4v) is 2.65. The molecule has 0 spiro atoms. The van der Waals surface area contributed by atoms with E-state index in [2.05, 4.69) is 15.1 Å². The first-order valence-corrected chi connectivity index (χ1v) is 8.18. The molecule has 0 unspecified atom stereocenters. The van der Waals surface area contributed by atoms with Crippen molar-refractivity contribution in [3.05, 3.63) is 83.3 Å². The number of nitrogens with one attached hydrogen (secondary N) is 1. The number of hydrogen-bond acceptors (Lipinski definition) is 4. The summed E-state index contributed by atoms with van der Waals surface area (Å²) in [7, 11) is 1.44. The van der Waals surface area contributed by atoms with Gasteiger partial charge in [0.15, 0.2) is 5.69 Å². The zero-order valence-electron chi connectivity index (χ0n) is 14.6. The van der Waals surface area contributed by atoms with Crippen LogP contribution in [0.2, 0.25) is 0 Å². The van der Waals surface area contributed by atoms with Crippen LogP contribution < -0.4 is 10.1 Å². The summed E-state index contributed by atoms with van der Waals surface area (Å²) in [5.41, 5.74) is 3.26. The van der Waals surface area contributed by atoms with Crippen molar-refractivity contribution in [2.45, 2.75) is 6.54 Å². The molecule has 0 aliphatic heterocycles. The standard InChI is InChI=1S/C21H17N3O3/c1-22-17-5-3-4-14(10-17)12-23-20-9-7-16(13-24-20)15-6-8-19(27-2)18(11-15)21(25)26/h3-11,13H,12H2,2H3,(H,23,24)(H,25,26). The number of anilines is 1. The Bertz CT molecular complexity index is 1010. The predicted octanol–water partition coefficient (Wildman–Crippen LogP) is 4.62. The molecule has 0 fully saturated rings. The van der Waals surface area contributed by atoms with Crippen LogP contribution in [0.5, 0.6) is 5.75 Å². The lowest BCUT2D eigenvalue weighted by atomic mass is 10.0. The number of carbonyl (C=O) groups is 1. The van der Waals surface area contributed by atoms with E-state index in [0.29, 0.717) is 23.8 Å². The molecule has 0 bridgehead atoms. The SMILES string of the molecule is [C-]#[N+]c1cccc(CNc2ccc(-c3ccc(OC)c(C(=O)O)c3)cn2)c1. The minimum Gasteiger partial charge on any atom is -0.496 e. The molecule has 2 N–H and O–H groups in total. The smallest absolute Gasteiger partial charge is 0.339 e. The number of methoxy groups -OCH3 is 1. The number of aromatic carboxylic acids is 1. The summed E-state index contributed by atoms with van der Waals surface area (Å²) in [6, 6.07) is 16.1. The maximum atomic E-state index is 11.4. The zero-order chi connectivity index (χ0) is 19.2. The lowest BCUT2D eigenvalue weighted by molar-refractivity contribution is 0.0693. The van der Waals surface area contributed by atoms with Crippen molar-refractivity contribution in [2.75, 3.05) is 12.4 Å². The van der Waals surface area contributed by atoms with E-state index in [4.69, 9.17) is 11.3 Å². The molecular formula is C21H17N3O3. The van der Waals surface area contributed by atoms with Crippen LogP contribution in [0.25, 0.3) is 16.0 Å². The zero-order valence-corrected chi connectivity index (χ0v) is 14.6. The van der Waals surface area contributed by atoms with Gasteiger partial charge in [0.05, 0.1) is 13.7 Å². The Morgan fingerprint density at radius 3 is 2.67 bits per heavy atom. The van der Waals surface area contributed by atoms with E-state index < -0.39 is 5.97 Å². The molecule has 3 rings (SSSR count). The summed E-state index contributed by atoms with van der Waals surface area (Å²) in [4.78, 5) is 19.2. The van der Waals surface area contributed by atoms with Gasteiger partial charge in [0.1, 0.15) is 17.1 Å². The molecule has 27 heavy (non-hydrogen) atoms. The van der Waals surface area contributed by atoms with Gasteiger partial charge in [-0.2, -0.15) is 0 Å². The van der Waals surface area contributed by atoms with Gasteiger partial charge in [0.2, 0.25) is 0 Å². The highest BCUT2D eigenvalue weighted by Crippen LogP contribution is 2.27. The van der Waals surface area contributed by atoms with Crippen LogP contribution in [-0.4, -0.2) is 23.2 Å². The summed E-state index contributed by atoms with van der Waals surface area (Å²) < 4.78 is 5.08. The number of ether oxygens (including phenoxy) is 1. The van der Waals surface area contributed by atoms with Gasteiger partial charge < -0.3 is 15.2 Å². The van der Waals surface area contributed by atoms with Gasteiger partial charge in [-0.1, -0.05) is 30.3 Å². The number of nitrogens with zero attached hydrogens (tertiary/aromatic N) is 2. The molecule has 0 saturated heterocycles. The topological polar surface area (TPSA) is 75.8 Å². The minimum absolute atomic E-state index is 0.108. The molecular weight excluding hydrogens is 342 g/mol. The normalized spacial score (nSPS) is 10.1. The minimum atomic E-state index is -1.04. The van der Waals surface area contributed by atoms with Crippen LogP contribution in [0.1, 0.15) is 15.9 Å². The van der Waals surface area contributed by atoms with Crippen LogP contribution in [0.15, 0.2) is 60.8 Å². The average Bonchev–Trinajstić information content (AvgIpc) is 2.72. The maximum Gasteiger partial charge on any atom is 0.339 e. The summed E-state index contributed by atoms with van der Waals surface area (Å²) in [6.07, 6.45) is 1.69. The van der Waals surface area contributed by atoms with Gasteiger partial charge in [-0.3, -0.25) is 0 Å². The van der Waals surface area contributed by atoms with E-state index in [0.717, 1.165) is 16.7 Å². The van der Waals surface area contributed by atoms with Crippen LogP contribution in [0.4, 0.5) is 11.5 Å². The van der Waals surface area contributed by atoms with E-state index in [-0.39, 0.29) is 5.56 Å². The van der Waals surface area contributed by atoms with Crippen molar-refractivity contribution >= 4 is 17.5 Å². The second-order valence-electron chi connectivity index (χ2n) is 5.79. The second-order valence-corrected chi connectivity index (χ2v) is 5.79. The Balaban J connectivity index is 1.74. The molecule has 134 valence electrons. The third-order valence-corrected chi connectivity index (χ3v) is 4.04. The van der Waals surface area contributed by atoms with E-state index in [1.165, 1.54) is 7.11 Å². The lowest BCUT2D eigenvalue weighted by Crippen LogP contribution is -2.02. The highest BCUT2D eigenvalue weighted by atomic mass is 16.5. The summed E-state index contributed by atoms with van der Waals surface area (Å²) in [6.45, 7) is 7.61. The molecule has 3 aromatic rings. The molecule has 0 aliphatic rings. The predicted molar refractivity (Wildman–Crippen MR) is 103 cm³/mol. The maximum absolute atomic E-state index is 11.4. The summed E-state index contributed by atoms with van der Waals surface area (Å²) >= 11 is 0. The highest BCUT2D eigenvalue weighted by molar-refractivity contribution is 5.92. The Labute approximate surface area is 156 Å². The molecule has 0 saturated carbocycles. The number of pyridine rings is 1. The van der Waals surface area contributed by atoms with Gasteiger partial charge in [-0.15, -0.1) is 0 Å². The molecule has 2 aromatic carbocycles. The van der Waals surface area contributed by atoms with Crippen molar-refractivity contribution < 1.29 is 14.6 Å². The van der Waals surface area contributed by atoms with E-state index in [9.17, 15) is 9.90 Å². The fourth-order valence-electron chi connectivity index (χ4n) is 2.65. The number of benzene rings is 2. The van der Waals surface area contributed by atoms with Crippen LogP contribution >= 0.6 is 0 Å². The second kappa shape index (κ2) is 8.02. The summed E-state index contributed by atoms with van der Waals surface area (Å²) in [5, 5.41) is 12.5. The molecule has 0 amide bonds. The molecule has 0 radical (unpaired) electrons. The van der Waals surface area contributed by atoms with E-state index >= 15 is 0 Å². The summed E-state index contributed by atoms with van der Waals surface area (Å²) in [5.74, 6) is -0.0281. The van der Waals surface area contributed by atoms with Gasteiger partial charge in [-0.05, 0) is 35.4 Å². The van der Waals surface area contributed by atoms with Crippen LogP contribution in [-0.2, 0) is 6.54 Å².